The van der Waals surface area contributed by atoms with Gasteiger partial charge in [-0.2, -0.15) is 0 Å². The van der Waals surface area contributed by atoms with Crippen molar-refractivity contribution in [3.05, 3.63) is 35.7 Å². The van der Waals surface area contributed by atoms with Gasteiger partial charge < -0.3 is 4.74 Å². The fraction of sp³-hybridized carbons (Fsp3) is 0.533. The highest BCUT2D eigenvalue weighted by Gasteiger charge is 2.28. The second-order valence-electron chi connectivity index (χ2n) is 5.77. The monoisotopic (exact) mass is 320 g/mol. The van der Waals surface area contributed by atoms with Crippen LogP contribution in [0, 0.1) is 0 Å². The second kappa shape index (κ2) is 6.56. The zero-order valence-electron chi connectivity index (χ0n) is 12.8. The summed E-state index contributed by atoms with van der Waals surface area (Å²) >= 11 is 0. The van der Waals surface area contributed by atoms with Gasteiger partial charge in [0.25, 0.3) is 0 Å². The number of hydrogen-bond donors (Lipinski definition) is 0. The number of benzene rings is 1. The second-order valence-corrected chi connectivity index (χ2v) is 7.23. The Morgan fingerprint density at radius 1 is 1.32 bits per heavy atom. The zero-order valence-corrected chi connectivity index (χ0v) is 13.6. The maximum atomic E-state index is 12.5. The van der Waals surface area contributed by atoms with E-state index >= 15 is 0 Å². The Balaban J connectivity index is 1.68. The van der Waals surface area contributed by atoms with Gasteiger partial charge in [0.15, 0.2) is 5.82 Å². The Morgan fingerprint density at radius 2 is 2.09 bits per heavy atom. The molecule has 0 N–H and O–H groups in total. The van der Waals surface area contributed by atoms with Crippen LogP contribution in [0.25, 0.3) is 0 Å². The van der Waals surface area contributed by atoms with Crippen molar-refractivity contribution in [3.63, 3.8) is 0 Å². The van der Waals surface area contributed by atoms with Crippen LogP contribution in [0.1, 0.15) is 44.1 Å². The number of ether oxygens (including phenoxy) is 1. The average molecular weight is 320 g/mol. The van der Waals surface area contributed by atoms with Gasteiger partial charge in [0.2, 0.25) is 0 Å². The molecule has 0 saturated heterocycles. The lowest BCUT2D eigenvalue weighted by atomic mass is 10.2. The lowest BCUT2D eigenvalue weighted by Crippen LogP contribution is -2.10. The number of para-hydroxylation sites is 1. The van der Waals surface area contributed by atoms with E-state index in [1.807, 2.05) is 42.8 Å². The van der Waals surface area contributed by atoms with Gasteiger partial charge in [0, 0.05) is 16.4 Å². The number of rotatable bonds is 7. The largest absolute Gasteiger partial charge is 0.491 e. The van der Waals surface area contributed by atoms with Crippen molar-refractivity contribution in [3.8, 4) is 5.75 Å². The van der Waals surface area contributed by atoms with Crippen LogP contribution in [-0.4, -0.2) is 30.5 Å². The molecule has 0 amide bonds. The molecule has 1 aliphatic carbocycles. The highest BCUT2D eigenvalue weighted by Crippen LogP contribution is 2.34. The van der Waals surface area contributed by atoms with Gasteiger partial charge in [-0.05, 0) is 43.2 Å². The van der Waals surface area contributed by atoms with Crippen LogP contribution in [0.15, 0.2) is 24.3 Å². The predicted octanol–water partition coefficient (Wildman–Crippen LogP) is 2.24. The van der Waals surface area contributed by atoms with Crippen LogP contribution in [-0.2, 0) is 22.3 Å². The van der Waals surface area contributed by atoms with Gasteiger partial charge >= 0.3 is 0 Å². The van der Waals surface area contributed by atoms with E-state index in [0.29, 0.717) is 23.4 Å². The van der Waals surface area contributed by atoms with Crippen LogP contribution >= 0.6 is 0 Å². The average Bonchev–Trinajstić information content (AvgIpc) is 3.21. The summed E-state index contributed by atoms with van der Waals surface area (Å²) in [6, 6.07) is 8.14. The summed E-state index contributed by atoms with van der Waals surface area (Å²) in [5.41, 5.74) is 0.958. The molecule has 1 unspecified atom stereocenters. The molecule has 22 heavy (non-hydrogen) atoms. The third-order valence-electron chi connectivity index (χ3n) is 3.40. The summed E-state index contributed by atoms with van der Waals surface area (Å²) in [4.78, 5) is 0. The lowest BCUT2D eigenvalue weighted by Gasteiger charge is -2.13. The van der Waals surface area contributed by atoms with E-state index in [0.717, 1.165) is 24.2 Å². The summed E-state index contributed by atoms with van der Waals surface area (Å²) in [5, 5.41) is 11.7. The Morgan fingerprint density at radius 3 is 2.82 bits per heavy atom. The summed E-state index contributed by atoms with van der Waals surface area (Å²) in [6.45, 7) is 3.97. The number of tetrazole rings is 1. The van der Waals surface area contributed by atoms with Crippen LogP contribution in [0.5, 0.6) is 5.75 Å². The van der Waals surface area contributed by atoms with Crippen molar-refractivity contribution < 1.29 is 8.95 Å². The Hall–Kier alpha value is -1.76. The van der Waals surface area contributed by atoms with Gasteiger partial charge in [-0.3, -0.25) is 4.21 Å². The molecular weight excluding hydrogens is 300 g/mol. The molecule has 3 rings (SSSR count). The maximum Gasteiger partial charge on any atom is 0.164 e. The van der Waals surface area contributed by atoms with Gasteiger partial charge in [-0.25, -0.2) is 4.68 Å². The third kappa shape index (κ3) is 3.71. The van der Waals surface area contributed by atoms with Crippen LogP contribution < -0.4 is 4.74 Å². The molecule has 0 spiro atoms. The molecule has 0 bridgehead atoms. The van der Waals surface area contributed by atoms with E-state index in [4.69, 9.17) is 4.74 Å². The number of nitrogens with zero attached hydrogens (tertiary/aromatic N) is 4. The number of hydrogen-bond acceptors (Lipinski definition) is 5. The molecule has 1 aliphatic rings. The first-order chi connectivity index (χ1) is 10.6. The maximum absolute atomic E-state index is 12.5. The molecule has 2 aromatic rings. The first kappa shape index (κ1) is 15.1. The van der Waals surface area contributed by atoms with E-state index < -0.39 is 10.8 Å². The molecule has 1 saturated carbocycles. The Bertz CT molecular complexity index is 667. The minimum absolute atomic E-state index is 0.0942. The molecule has 1 fully saturated rings. The summed E-state index contributed by atoms with van der Waals surface area (Å²) in [6.07, 6.45) is 2.31. The van der Waals surface area contributed by atoms with Crippen LogP contribution in [0.2, 0.25) is 0 Å². The van der Waals surface area contributed by atoms with Gasteiger partial charge in [-0.15, -0.1) is 5.10 Å². The normalized spacial score (nSPS) is 16.0. The Labute approximate surface area is 132 Å². The first-order valence-electron chi connectivity index (χ1n) is 7.49. The van der Waals surface area contributed by atoms with Crippen molar-refractivity contribution in [2.75, 3.05) is 0 Å². The molecule has 1 atom stereocenters. The molecule has 6 nitrogen and oxygen atoms in total. The fourth-order valence-electron chi connectivity index (χ4n) is 2.27. The van der Waals surface area contributed by atoms with Crippen molar-refractivity contribution >= 4 is 10.8 Å². The highest BCUT2D eigenvalue weighted by molar-refractivity contribution is 7.83. The molecule has 0 radical (unpaired) electrons. The molecule has 118 valence electrons. The SMILES string of the molecule is CC(C)Oc1ccccc1CS(=O)Cc1nnnn1C1CC1. The Kier molecular flexibility index (Phi) is 4.52. The van der Waals surface area contributed by atoms with E-state index in [1.165, 1.54) is 0 Å². The van der Waals surface area contributed by atoms with Crippen LogP contribution in [0.3, 0.4) is 0 Å². The first-order valence-corrected chi connectivity index (χ1v) is 8.98. The lowest BCUT2D eigenvalue weighted by molar-refractivity contribution is 0.240. The summed E-state index contributed by atoms with van der Waals surface area (Å²) < 4.78 is 20.0. The predicted molar refractivity (Wildman–Crippen MR) is 83.8 cm³/mol. The molecule has 7 heteroatoms. The van der Waals surface area contributed by atoms with Crippen molar-refractivity contribution in [2.45, 2.75) is 50.3 Å². The van der Waals surface area contributed by atoms with Crippen LogP contribution in [0.4, 0.5) is 0 Å². The van der Waals surface area contributed by atoms with Gasteiger partial charge in [-0.1, -0.05) is 18.2 Å². The van der Waals surface area contributed by atoms with Crippen molar-refractivity contribution in [2.24, 2.45) is 0 Å². The van der Waals surface area contributed by atoms with Gasteiger partial charge in [0.05, 0.1) is 23.7 Å². The minimum Gasteiger partial charge on any atom is -0.491 e. The molecule has 0 aliphatic heterocycles. The van der Waals surface area contributed by atoms with Crippen molar-refractivity contribution in [1.82, 2.24) is 20.2 Å². The topological polar surface area (TPSA) is 69.9 Å². The van der Waals surface area contributed by atoms with Gasteiger partial charge in [0.1, 0.15) is 5.75 Å². The number of aromatic nitrogens is 4. The summed E-state index contributed by atoms with van der Waals surface area (Å²) in [5.74, 6) is 2.33. The molecular formula is C15H20N4O2S. The quantitative estimate of drug-likeness (QED) is 0.782. The molecule has 1 heterocycles. The summed E-state index contributed by atoms with van der Waals surface area (Å²) in [7, 11) is -1.07. The molecule has 1 aromatic carbocycles. The minimum atomic E-state index is -1.07. The fourth-order valence-corrected chi connectivity index (χ4v) is 3.44. The third-order valence-corrected chi connectivity index (χ3v) is 4.61. The van der Waals surface area contributed by atoms with E-state index in [2.05, 4.69) is 15.5 Å². The van der Waals surface area contributed by atoms with Crippen molar-refractivity contribution in [1.29, 1.82) is 0 Å². The highest BCUT2D eigenvalue weighted by atomic mass is 32.2. The van der Waals surface area contributed by atoms with E-state index in [9.17, 15) is 4.21 Å². The van der Waals surface area contributed by atoms with E-state index in [-0.39, 0.29) is 6.10 Å². The zero-order chi connectivity index (χ0) is 15.5. The molecule has 1 aromatic heterocycles. The smallest absolute Gasteiger partial charge is 0.164 e. The van der Waals surface area contributed by atoms with E-state index in [1.54, 1.807) is 0 Å². The standard InChI is InChI=1S/C15H20N4O2S/c1-11(2)21-14-6-4-3-5-12(14)9-22(20)10-15-16-17-18-19(15)13-7-8-13/h3-6,11,13H,7-10H2,1-2H3.